The van der Waals surface area contributed by atoms with Crippen LogP contribution < -0.4 is 0 Å². The number of hydrogen-bond acceptors (Lipinski definition) is 1. The summed E-state index contributed by atoms with van der Waals surface area (Å²) >= 11 is 0. The normalized spacial score (nSPS) is 30.8. The molecule has 1 nitrogen and oxygen atoms in total. The Morgan fingerprint density at radius 1 is 0.720 bits per heavy atom. The van der Waals surface area contributed by atoms with Crippen molar-refractivity contribution in [3.8, 4) is 0 Å². The molecular formula is C24H44O. The molecule has 1 heteroatoms. The summed E-state index contributed by atoms with van der Waals surface area (Å²) in [7, 11) is 0. The van der Waals surface area contributed by atoms with E-state index in [0.29, 0.717) is 6.10 Å². The second kappa shape index (κ2) is 13.0. The third-order valence-electron chi connectivity index (χ3n) is 6.74. The first kappa shape index (κ1) is 21.0. The van der Waals surface area contributed by atoms with Gasteiger partial charge in [0.15, 0.2) is 0 Å². The van der Waals surface area contributed by atoms with Gasteiger partial charge in [-0.3, -0.25) is 0 Å². The molecule has 0 aromatic carbocycles. The minimum atomic E-state index is 0.583. The lowest BCUT2D eigenvalue weighted by molar-refractivity contribution is 0.0150. The Hall–Kier alpha value is -0.300. The van der Waals surface area contributed by atoms with E-state index >= 15 is 0 Å². The van der Waals surface area contributed by atoms with Gasteiger partial charge in [0.1, 0.15) is 0 Å². The highest BCUT2D eigenvalue weighted by atomic mass is 16.5. The van der Waals surface area contributed by atoms with E-state index in [1.165, 1.54) is 96.3 Å². The fourth-order valence-corrected chi connectivity index (χ4v) is 4.88. The van der Waals surface area contributed by atoms with Crippen LogP contribution in [0.4, 0.5) is 0 Å². The molecule has 0 spiro atoms. The first-order chi connectivity index (χ1) is 12.3. The zero-order valence-electron chi connectivity index (χ0n) is 17.2. The van der Waals surface area contributed by atoms with E-state index in [9.17, 15) is 0 Å². The molecule has 0 atom stereocenters. The fourth-order valence-electron chi connectivity index (χ4n) is 4.88. The largest absolute Gasteiger partial charge is 0.378 e. The van der Waals surface area contributed by atoms with Gasteiger partial charge in [-0.1, -0.05) is 70.9 Å². The number of rotatable bonds is 11. The van der Waals surface area contributed by atoms with Crippen molar-refractivity contribution >= 4 is 0 Å². The zero-order valence-corrected chi connectivity index (χ0v) is 17.2. The van der Waals surface area contributed by atoms with Crippen LogP contribution in [0.5, 0.6) is 0 Å². The van der Waals surface area contributed by atoms with Gasteiger partial charge in [0.25, 0.3) is 0 Å². The van der Waals surface area contributed by atoms with Crippen molar-refractivity contribution in [3.63, 3.8) is 0 Å². The van der Waals surface area contributed by atoms with Crippen molar-refractivity contribution in [2.45, 2.75) is 116 Å². The molecule has 0 bridgehead atoms. The minimum absolute atomic E-state index is 0.583. The lowest BCUT2D eigenvalue weighted by Gasteiger charge is -2.32. The smallest absolute Gasteiger partial charge is 0.0575 e. The number of allylic oxidation sites excluding steroid dienone is 2. The molecule has 0 aromatic heterocycles. The van der Waals surface area contributed by atoms with Crippen molar-refractivity contribution in [2.75, 3.05) is 6.61 Å². The van der Waals surface area contributed by atoms with E-state index in [-0.39, 0.29) is 0 Å². The van der Waals surface area contributed by atoms with Gasteiger partial charge in [-0.2, -0.15) is 0 Å². The van der Waals surface area contributed by atoms with Gasteiger partial charge >= 0.3 is 0 Å². The Balaban J connectivity index is 1.50. The zero-order chi connectivity index (χ0) is 17.7. The summed E-state index contributed by atoms with van der Waals surface area (Å²) in [6.45, 7) is 5.47. The van der Waals surface area contributed by atoms with Gasteiger partial charge in [0, 0.05) is 6.61 Å². The molecule has 2 saturated carbocycles. The maximum absolute atomic E-state index is 6.02. The molecule has 25 heavy (non-hydrogen) atoms. The maximum Gasteiger partial charge on any atom is 0.0575 e. The summed E-state index contributed by atoms with van der Waals surface area (Å²) in [5.74, 6) is 3.07. The molecule has 146 valence electrons. The summed E-state index contributed by atoms with van der Waals surface area (Å²) in [5, 5.41) is 0. The summed E-state index contributed by atoms with van der Waals surface area (Å²) in [6.07, 6.45) is 26.3. The van der Waals surface area contributed by atoms with Gasteiger partial charge < -0.3 is 4.74 Å². The van der Waals surface area contributed by atoms with Crippen molar-refractivity contribution in [2.24, 2.45) is 17.8 Å². The second-order valence-electron chi connectivity index (χ2n) is 8.79. The van der Waals surface area contributed by atoms with Crippen LogP contribution in [0.1, 0.15) is 110 Å². The van der Waals surface area contributed by atoms with E-state index in [1.807, 2.05) is 0 Å². The molecule has 0 heterocycles. The molecule has 0 N–H and O–H groups in total. The predicted octanol–water partition coefficient (Wildman–Crippen LogP) is 7.69. The van der Waals surface area contributed by atoms with Crippen molar-refractivity contribution in [1.82, 2.24) is 0 Å². The molecule has 0 aliphatic heterocycles. The van der Waals surface area contributed by atoms with E-state index in [2.05, 4.69) is 26.0 Å². The van der Waals surface area contributed by atoms with Crippen LogP contribution in [-0.2, 0) is 4.74 Å². The molecule has 0 aromatic rings. The van der Waals surface area contributed by atoms with Crippen LogP contribution in [0.25, 0.3) is 0 Å². The van der Waals surface area contributed by atoms with Crippen LogP contribution in [0.3, 0.4) is 0 Å². The predicted molar refractivity (Wildman–Crippen MR) is 110 cm³/mol. The number of hydrogen-bond donors (Lipinski definition) is 0. The molecule has 2 rings (SSSR count). The van der Waals surface area contributed by atoms with E-state index < -0.39 is 0 Å². The lowest BCUT2D eigenvalue weighted by atomic mass is 9.76. The Kier molecular flexibility index (Phi) is 10.9. The van der Waals surface area contributed by atoms with Crippen molar-refractivity contribution < 1.29 is 4.74 Å². The average Bonchev–Trinajstić information content (AvgIpc) is 2.66. The van der Waals surface area contributed by atoms with Crippen LogP contribution >= 0.6 is 0 Å². The highest BCUT2D eigenvalue weighted by Gasteiger charge is 2.24. The standard InChI is InChI=1S/C24H44O/c1-3-5-7-8-9-21-10-12-22(13-11-21)14-15-23-16-18-24(19-17-23)25-20-6-4-2/h5,7,21-24H,3-4,6,8-20H2,1-2H3/b7-5+/t21-,22-,23-,24-. The summed E-state index contributed by atoms with van der Waals surface area (Å²) in [5.41, 5.74) is 0. The van der Waals surface area contributed by atoms with Crippen LogP contribution in [0.15, 0.2) is 12.2 Å². The highest BCUT2D eigenvalue weighted by Crippen LogP contribution is 2.37. The monoisotopic (exact) mass is 348 g/mol. The van der Waals surface area contributed by atoms with Gasteiger partial charge in [0.2, 0.25) is 0 Å². The SMILES string of the molecule is CC/C=C/CC[C@H]1CC[C@H](CC[C@H]2CC[C@H](OCCCC)CC2)CC1. The average molecular weight is 349 g/mol. The molecule has 0 radical (unpaired) electrons. The summed E-state index contributed by atoms with van der Waals surface area (Å²) in [4.78, 5) is 0. The molecule has 0 unspecified atom stereocenters. The highest BCUT2D eigenvalue weighted by molar-refractivity contribution is 4.82. The van der Waals surface area contributed by atoms with Gasteiger partial charge in [-0.05, 0) is 69.1 Å². The topological polar surface area (TPSA) is 9.23 Å². The van der Waals surface area contributed by atoms with E-state index in [1.54, 1.807) is 0 Å². The van der Waals surface area contributed by atoms with Crippen molar-refractivity contribution in [3.05, 3.63) is 12.2 Å². The van der Waals surface area contributed by atoms with Crippen LogP contribution in [0.2, 0.25) is 0 Å². The Bertz CT molecular complexity index is 332. The summed E-state index contributed by atoms with van der Waals surface area (Å²) < 4.78 is 6.02. The van der Waals surface area contributed by atoms with Gasteiger partial charge in [-0.15, -0.1) is 0 Å². The van der Waals surface area contributed by atoms with Crippen LogP contribution in [-0.4, -0.2) is 12.7 Å². The molecule has 0 saturated heterocycles. The molecular weight excluding hydrogens is 304 g/mol. The molecule has 0 amide bonds. The fraction of sp³-hybridized carbons (Fsp3) is 0.917. The van der Waals surface area contributed by atoms with Crippen LogP contribution in [0, 0.1) is 17.8 Å². The summed E-state index contributed by atoms with van der Waals surface area (Å²) in [6, 6.07) is 0. The Morgan fingerprint density at radius 3 is 1.84 bits per heavy atom. The quantitative estimate of drug-likeness (QED) is 0.274. The van der Waals surface area contributed by atoms with E-state index in [4.69, 9.17) is 4.74 Å². The molecule has 2 aliphatic rings. The Morgan fingerprint density at radius 2 is 1.28 bits per heavy atom. The first-order valence-electron chi connectivity index (χ1n) is 11.6. The molecule has 2 aliphatic carbocycles. The van der Waals surface area contributed by atoms with E-state index in [0.717, 1.165) is 24.4 Å². The second-order valence-corrected chi connectivity index (χ2v) is 8.79. The third-order valence-corrected chi connectivity index (χ3v) is 6.74. The minimum Gasteiger partial charge on any atom is -0.378 e. The first-order valence-corrected chi connectivity index (χ1v) is 11.6. The van der Waals surface area contributed by atoms with Gasteiger partial charge in [-0.25, -0.2) is 0 Å². The number of unbranched alkanes of at least 4 members (excludes halogenated alkanes) is 1. The van der Waals surface area contributed by atoms with Gasteiger partial charge in [0.05, 0.1) is 6.10 Å². The molecule has 2 fully saturated rings. The lowest BCUT2D eigenvalue weighted by Crippen LogP contribution is -2.23. The van der Waals surface area contributed by atoms with Crippen molar-refractivity contribution in [1.29, 1.82) is 0 Å². The third kappa shape index (κ3) is 8.76. The maximum atomic E-state index is 6.02. The Labute approximate surface area is 158 Å². The number of ether oxygens (including phenoxy) is 1.